The lowest BCUT2D eigenvalue weighted by molar-refractivity contribution is 0.0603. The first kappa shape index (κ1) is 20.7. The zero-order valence-electron chi connectivity index (χ0n) is 16.4. The Labute approximate surface area is 174 Å². The molecule has 7 nitrogen and oxygen atoms in total. The summed E-state index contributed by atoms with van der Waals surface area (Å²) in [6.07, 6.45) is 5.35. The van der Waals surface area contributed by atoms with Gasteiger partial charge in [-0.2, -0.15) is 0 Å². The number of nitrogens with zero attached hydrogens (tertiary/aromatic N) is 2. The van der Waals surface area contributed by atoms with E-state index in [0.29, 0.717) is 31.6 Å². The molecule has 1 atom stereocenters. The van der Waals surface area contributed by atoms with Crippen LogP contribution < -0.4 is 10.7 Å². The van der Waals surface area contributed by atoms with Crippen molar-refractivity contribution >= 4 is 11.8 Å². The van der Waals surface area contributed by atoms with Crippen molar-refractivity contribution in [2.45, 2.75) is 25.4 Å². The van der Waals surface area contributed by atoms with E-state index >= 15 is 0 Å². The van der Waals surface area contributed by atoms with Crippen molar-refractivity contribution in [1.82, 2.24) is 14.8 Å². The van der Waals surface area contributed by atoms with Gasteiger partial charge >= 0.3 is 0 Å². The van der Waals surface area contributed by atoms with Crippen LogP contribution in [0.1, 0.15) is 39.8 Å². The molecule has 1 aromatic heterocycles. The highest BCUT2D eigenvalue weighted by Crippen LogP contribution is 2.34. The second kappa shape index (κ2) is 7.29. The highest BCUT2D eigenvalue weighted by atomic mass is 19.1. The van der Waals surface area contributed by atoms with Gasteiger partial charge < -0.3 is 19.9 Å². The molecule has 0 aliphatic carbocycles. The Kier molecular flexibility index (Phi) is 4.87. The number of allylic oxidation sites excluding steroid dienone is 1. The quantitative estimate of drug-likeness (QED) is 0.725. The fourth-order valence-corrected chi connectivity index (χ4v) is 3.96. The van der Waals surface area contributed by atoms with Crippen molar-refractivity contribution in [1.29, 1.82) is 0 Å². The average Bonchev–Trinajstić information content (AvgIpc) is 2.88. The number of carbonyl (C=O) groups excluding carboxylic acids is 2. The molecule has 2 amide bonds. The van der Waals surface area contributed by atoms with Crippen LogP contribution in [-0.2, 0) is 12.1 Å². The van der Waals surface area contributed by atoms with E-state index in [9.17, 15) is 32.7 Å². The maximum absolute atomic E-state index is 13.8. The molecule has 0 spiro atoms. The summed E-state index contributed by atoms with van der Waals surface area (Å²) < 4.78 is 42.1. The number of fused-ring (bicyclic) bond motifs is 4. The molecule has 31 heavy (non-hydrogen) atoms. The fourth-order valence-electron chi connectivity index (χ4n) is 3.96. The van der Waals surface area contributed by atoms with Crippen molar-refractivity contribution in [2.24, 2.45) is 0 Å². The van der Waals surface area contributed by atoms with Gasteiger partial charge in [-0.1, -0.05) is 12.2 Å². The molecule has 0 unspecified atom stereocenters. The molecule has 2 aromatic rings. The van der Waals surface area contributed by atoms with E-state index in [2.05, 4.69) is 5.32 Å². The average molecular weight is 433 g/mol. The maximum atomic E-state index is 13.8. The predicted molar refractivity (Wildman–Crippen MR) is 103 cm³/mol. The molecule has 2 aliphatic heterocycles. The van der Waals surface area contributed by atoms with Crippen LogP contribution in [0.25, 0.3) is 0 Å². The third-order valence-electron chi connectivity index (χ3n) is 5.61. The van der Waals surface area contributed by atoms with E-state index in [1.807, 2.05) is 19.1 Å². The Bertz CT molecular complexity index is 1180. The molecule has 0 saturated heterocycles. The van der Waals surface area contributed by atoms with Crippen molar-refractivity contribution in [3.05, 3.63) is 75.0 Å². The van der Waals surface area contributed by atoms with Gasteiger partial charge in [-0.15, -0.1) is 0 Å². The van der Waals surface area contributed by atoms with Gasteiger partial charge in [0.1, 0.15) is 23.0 Å². The Morgan fingerprint density at radius 3 is 2.55 bits per heavy atom. The molecule has 2 bridgehead atoms. The Morgan fingerprint density at radius 2 is 1.87 bits per heavy atom. The summed E-state index contributed by atoms with van der Waals surface area (Å²) in [4.78, 5) is 39.5. The molecular formula is C21H18F3N3O4. The first-order valence-corrected chi connectivity index (χ1v) is 9.47. The van der Waals surface area contributed by atoms with E-state index in [0.717, 1.165) is 0 Å². The standard InChI is InChI=1S/C21H18F3N3O4/c1-21-4-2-3-5-26(10-21)20(31)16-18(29)17(28)13(9-27(16)21)19(30)25-8-12-14(23)6-11(22)7-15(12)24/h2-3,6-7,9,29H,4-5,8,10H2,1H3,(H,25,30)/t21-/m0/s1. The van der Waals surface area contributed by atoms with Crippen LogP contribution in [0.5, 0.6) is 5.75 Å². The number of pyridine rings is 1. The molecule has 0 radical (unpaired) electrons. The lowest BCUT2D eigenvalue weighted by atomic mass is 9.93. The van der Waals surface area contributed by atoms with Crippen LogP contribution in [0.4, 0.5) is 13.2 Å². The minimum Gasteiger partial charge on any atom is -0.503 e. The molecule has 0 saturated carbocycles. The fraction of sp³-hybridized carbons (Fsp3) is 0.286. The van der Waals surface area contributed by atoms with Gasteiger partial charge in [0.25, 0.3) is 11.8 Å². The second-order valence-corrected chi connectivity index (χ2v) is 7.83. The van der Waals surface area contributed by atoms with Crippen LogP contribution in [0, 0.1) is 17.5 Å². The van der Waals surface area contributed by atoms with E-state index in [-0.39, 0.29) is 5.69 Å². The van der Waals surface area contributed by atoms with Gasteiger partial charge in [0.15, 0.2) is 11.4 Å². The summed E-state index contributed by atoms with van der Waals surface area (Å²) in [5.74, 6) is -5.89. The van der Waals surface area contributed by atoms with Crippen LogP contribution in [0.2, 0.25) is 0 Å². The van der Waals surface area contributed by atoms with E-state index in [1.165, 1.54) is 15.7 Å². The summed E-state index contributed by atoms with van der Waals surface area (Å²) >= 11 is 0. The van der Waals surface area contributed by atoms with Crippen molar-refractivity contribution in [3.63, 3.8) is 0 Å². The number of aromatic hydroxyl groups is 1. The SMILES string of the molecule is C[C@]12CC=CCN(C1)C(=O)c1c(O)c(=O)c(C(=O)NCc3c(F)cc(F)cc3F)cn12. The largest absolute Gasteiger partial charge is 0.503 e. The van der Waals surface area contributed by atoms with Crippen LogP contribution in [-0.4, -0.2) is 39.5 Å². The zero-order valence-corrected chi connectivity index (χ0v) is 16.4. The third-order valence-corrected chi connectivity index (χ3v) is 5.61. The predicted octanol–water partition coefficient (Wildman–Crippen LogP) is 2.03. The normalized spacial score (nSPS) is 19.7. The smallest absolute Gasteiger partial charge is 0.274 e. The topological polar surface area (TPSA) is 91.6 Å². The molecule has 2 N–H and O–H groups in total. The minimum atomic E-state index is -1.19. The Balaban J connectivity index is 1.72. The molecule has 0 fully saturated rings. The number of aromatic nitrogens is 1. The molecular weight excluding hydrogens is 415 g/mol. The monoisotopic (exact) mass is 433 g/mol. The molecule has 1 aromatic carbocycles. The van der Waals surface area contributed by atoms with Gasteiger partial charge in [0.05, 0.1) is 5.54 Å². The summed E-state index contributed by atoms with van der Waals surface area (Å²) in [5.41, 5.74) is -3.07. The third kappa shape index (κ3) is 3.37. The van der Waals surface area contributed by atoms with E-state index in [4.69, 9.17) is 0 Å². The summed E-state index contributed by atoms with van der Waals surface area (Å²) in [5, 5.41) is 12.7. The van der Waals surface area contributed by atoms with Crippen LogP contribution in [0.15, 0.2) is 35.3 Å². The number of carbonyl (C=O) groups is 2. The summed E-state index contributed by atoms with van der Waals surface area (Å²) in [6.45, 7) is 1.81. The van der Waals surface area contributed by atoms with Gasteiger partial charge in [0.2, 0.25) is 5.43 Å². The van der Waals surface area contributed by atoms with E-state index < -0.39 is 63.7 Å². The molecule has 2 aliphatic rings. The maximum Gasteiger partial charge on any atom is 0.274 e. The second-order valence-electron chi connectivity index (χ2n) is 7.83. The number of nitrogens with one attached hydrogen (secondary N) is 1. The zero-order chi connectivity index (χ0) is 22.5. The van der Waals surface area contributed by atoms with Gasteiger partial charge in [-0.25, -0.2) is 13.2 Å². The lowest BCUT2D eigenvalue weighted by Crippen LogP contribution is -2.52. The Morgan fingerprint density at radius 1 is 1.19 bits per heavy atom. The molecule has 4 rings (SSSR count). The number of amides is 2. The lowest BCUT2D eigenvalue weighted by Gasteiger charge is -2.42. The number of hydrogen-bond acceptors (Lipinski definition) is 4. The van der Waals surface area contributed by atoms with Crippen molar-refractivity contribution in [2.75, 3.05) is 13.1 Å². The Hall–Kier alpha value is -3.56. The number of rotatable bonds is 3. The molecule has 10 heteroatoms. The van der Waals surface area contributed by atoms with Gasteiger partial charge in [0, 0.05) is 43.5 Å². The van der Waals surface area contributed by atoms with Gasteiger partial charge in [-0.3, -0.25) is 14.4 Å². The number of halogens is 3. The van der Waals surface area contributed by atoms with Gasteiger partial charge in [-0.05, 0) is 13.3 Å². The molecule has 162 valence electrons. The van der Waals surface area contributed by atoms with Crippen molar-refractivity contribution < 1.29 is 27.9 Å². The summed E-state index contributed by atoms with van der Waals surface area (Å²) in [6, 6.07) is 0.948. The van der Waals surface area contributed by atoms with E-state index in [1.54, 1.807) is 0 Å². The highest BCUT2D eigenvalue weighted by Gasteiger charge is 2.42. The van der Waals surface area contributed by atoms with Crippen LogP contribution >= 0.6 is 0 Å². The summed E-state index contributed by atoms with van der Waals surface area (Å²) in [7, 11) is 0. The minimum absolute atomic E-state index is 0.213. The first-order valence-electron chi connectivity index (χ1n) is 9.47. The first-order chi connectivity index (χ1) is 14.6. The number of hydrogen-bond donors (Lipinski definition) is 2. The number of benzene rings is 1. The molecule has 3 heterocycles. The highest BCUT2D eigenvalue weighted by molar-refractivity contribution is 5.99. The van der Waals surface area contributed by atoms with Crippen molar-refractivity contribution in [3.8, 4) is 5.75 Å². The van der Waals surface area contributed by atoms with Crippen LogP contribution in [0.3, 0.4) is 0 Å².